The van der Waals surface area contributed by atoms with Crippen LogP contribution in [-0.4, -0.2) is 69.0 Å². The molecule has 13 heteroatoms. The Balaban J connectivity index is 1.50. The Morgan fingerprint density at radius 2 is 1.74 bits per heavy atom. The first-order valence-corrected chi connectivity index (χ1v) is 13.8. The molecular weight excluding hydrogens is 494 g/mol. The van der Waals surface area contributed by atoms with E-state index in [-0.39, 0.29) is 34.7 Å². The molecule has 1 saturated carbocycles. The molecule has 2 heterocycles. The quantitative estimate of drug-likeness (QED) is 0.466. The van der Waals surface area contributed by atoms with Crippen molar-refractivity contribution in [3.8, 4) is 11.8 Å². The van der Waals surface area contributed by atoms with Crippen LogP contribution in [0.15, 0.2) is 52.4 Å². The average molecular weight is 520 g/mol. The molecule has 35 heavy (non-hydrogen) atoms. The number of hydrogen-bond acceptors (Lipinski definition) is 7. The summed E-state index contributed by atoms with van der Waals surface area (Å²) >= 11 is 0. The summed E-state index contributed by atoms with van der Waals surface area (Å²) in [5.74, 6) is 5.91. The lowest BCUT2D eigenvalue weighted by Crippen LogP contribution is -2.54. The van der Waals surface area contributed by atoms with Crippen LogP contribution in [0.4, 0.5) is 16.3 Å². The van der Waals surface area contributed by atoms with Crippen molar-refractivity contribution in [1.82, 2.24) is 14.0 Å². The van der Waals surface area contributed by atoms with Gasteiger partial charge in [-0.1, -0.05) is 5.92 Å². The van der Waals surface area contributed by atoms with Crippen LogP contribution in [0.25, 0.3) is 0 Å². The number of rotatable bonds is 7. The Labute approximate surface area is 204 Å². The van der Waals surface area contributed by atoms with E-state index in [0.717, 1.165) is 24.7 Å². The van der Waals surface area contributed by atoms with E-state index >= 15 is 0 Å². The lowest BCUT2D eigenvalue weighted by Gasteiger charge is -2.39. The van der Waals surface area contributed by atoms with Crippen molar-refractivity contribution in [3.05, 3.63) is 42.6 Å². The fourth-order valence-corrected chi connectivity index (χ4v) is 6.43. The van der Waals surface area contributed by atoms with Crippen LogP contribution in [0.1, 0.15) is 19.8 Å². The van der Waals surface area contributed by atoms with E-state index in [4.69, 9.17) is 5.11 Å². The summed E-state index contributed by atoms with van der Waals surface area (Å²) in [5.41, 5.74) is 0.742. The molecular formula is C22H25N5O6S2. The number of carboxylic acid groups (broad SMARTS) is 1. The van der Waals surface area contributed by atoms with Gasteiger partial charge in [-0.15, -0.1) is 5.92 Å². The number of benzene rings is 1. The number of anilines is 2. The second-order valence-electron chi connectivity index (χ2n) is 8.17. The van der Waals surface area contributed by atoms with Crippen molar-refractivity contribution in [2.24, 2.45) is 0 Å². The Hall–Kier alpha value is -3.18. The third kappa shape index (κ3) is 5.73. The van der Waals surface area contributed by atoms with Gasteiger partial charge in [0, 0.05) is 37.6 Å². The summed E-state index contributed by atoms with van der Waals surface area (Å²) in [5, 5.41) is 10.8. The molecule has 1 saturated heterocycles. The summed E-state index contributed by atoms with van der Waals surface area (Å²) in [4.78, 5) is 16.7. The second kappa shape index (κ2) is 9.82. The molecule has 0 unspecified atom stereocenters. The number of nitrogens with zero attached hydrogens (tertiary/aromatic N) is 3. The molecule has 0 radical (unpaired) electrons. The van der Waals surface area contributed by atoms with Crippen molar-refractivity contribution in [2.75, 3.05) is 29.9 Å². The maximum atomic E-state index is 13.2. The number of nitrogens with one attached hydrogen (secondary N) is 2. The molecule has 1 atom stereocenters. The van der Waals surface area contributed by atoms with Crippen LogP contribution < -0.4 is 14.9 Å². The number of sulfonamides is 2. The van der Waals surface area contributed by atoms with E-state index in [2.05, 4.69) is 26.9 Å². The minimum Gasteiger partial charge on any atom is -0.465 e. The van der Waals surface area contributed by atoms with Crippen molar-refractivity contribution in [3.63, 3.8) is 0 Å². The zero-order valence-corrected chi connectivity index (χ0v) is 20.5. The minimum absolute atomic E-state index is 0.0127. The highest BCUT2D eigenvalue weighted by Crippen LogP contribution is 2.27. The molecule has 1 aromatic carbocycles. The number of amides is 1. The summed E-state index contributed by atoms with van der Waals surface area (Å²) in [6.07, 6.45) is 1.51. The summed E-state index contributed by atoms with van der Waals surface area (Å²) in [6, 6.07) is 8.64. The molecule has 0 bridgehead atoms. The van der Waals surface area contributed by atoms with Gasteiger partial charge in [-0.2, -0.15) is 4.31 Å². The summed E-state index contributed by atoms with van der Waals surface area (Å²) < 4.78 is 55.2. The van der Waals surface area contributed by atoms with E-state index in [1.807, 2.05) is 4.90 Å². The van der Waals surface area contributed by atoms with Gasteiger partial charge in [0.1, 0.15) is 16.8 Å². The Kier molecular flexibility index (Phi) is 7.00. The molecule has 4 rings (SSSR count). The van der Waals surface area contributed by atoms with E-state index in [9.17, 15) is 21.6 Å². The van der Waals surface area contributed by atoms with Crippen LogP contribution in [0.2, 0.25) is 0 Å². The topological polar surface area (TPSA) is 149 Å². The molecule has 11 nitrogen and oxygen atoms in total. The van der Waals surface area contributed by atoms with Gasteiger partial charge >= 0.3 is 6.09 Å². The van der Waals surface area contributed by atoms with Gasteiger partial charge in [0.2, 0.25) is 20.0 Å². The van der Waals surface area contributed by atoms with E-state index in [1.165, 1.54) is 28.6 Å². The third-order valence-corrected chi connectivity index (χ3v) is 9.03. The van der Waals surface area contributed by atoms with Crippen LogP contribution in [0.5, 0.6) is 0 Å². The van der Waals surface area contributed by atoms with Gasteiger partial charge in [0.15, 0.2) is 0 Å². The fraction of sp³-hybridized carbons (Fsp3) is 0.364. The van der Waals surface area contributed by atoms with Crippen LogP contribution in [0, 0.1) is 11.8 Å². The maximum Gasteiger partial charge on any atom is 0.410 e. The lowest BCUT2D eigenvalue weighted by molar-refractivity contribution is 0.209. The SMILES string of the molecule is CC#C[C@H]1CN(S(=O)(=O)c2ccc(NC(=O)O)nc2)CCN1c1ccc(S(=O)(=O)NC2CC2)cc1. The molecule has 2 aromatic rings. The second-order valence-corrected chi connectivity index (χ2v) is 11.8. The highest BCUT2D eigenvalue weighted by molar-refractivity contribution is 7.89. The number of pyridine rings is 1. The van der Waals surface area contributed by atoms with Crippen LogP contribution in [-0.2, 0) is 20.0 Å². The number of piperazine rings is 1. The predicted octanol–water partition coefficient (Wildman–Crippen LogP) is 1.51. The molecule has 2 aliphatic rings. The first-order chi connectivity index (χ1) is 16.6. The lowest BCUT2D eigenvalue weighted by atomic mass is 10.1. The average Bonchev–Trinajstić information content (AvgIpc) is 3.63. The van der Waals surface area contributed by atoms with Crippen molar-refractivity contribution in [2.45, 2.75) is 41.6 Å². The molecule has 1 amide bonds. The molecule has 1 aromatic heterocycles. The largest absolute Gasteiger partial charge is 0.465 e. The summed E-state index contributed by atoms with van der Waals surface area (Å²) in [7, 11) is -7.45. The Morgan fingerprint density at radius 3 is 2.31 bits per heavy atom. The van der Waals surface area contributed by atoms with Crippen LogP contribution >= 0.6 is 0 Å². The highest BCUT2D eigenvalue weighted by atomic mass is 32.2. The molecule has 186 valence electrons. The van der Waals surface area contributed by atoms with Gasteiger partial charge < -0.3 is 10.0 Å². The fourth-order valence-electron chi connectivity index (χ4n) is 3.75. The van der Waals surface area contributed by atoms with E-state index in [0.29, 0.717) is 6.54 Å². The minimum atomic E-state index is -3.88. The monoisotopic (exact) mass is 519 g/mol. The third-order valence-electron chi connectivity index (χ3n) is 5.64. The smallest absolute Gasteiger partial charge is 0.410 e. The van der Waals surface area contributed by atoms with Gasteiger partial charge in [0.05, 0.1) is 4.90 Å². The molecule has 1 aliphatic carbocycles. The molecule has 0 spiro atoms. The van der Waals surface area contributed by atoms with Gasteiger partial charge in [-0.3, -0.25) is 5.32 Å². The normalized spacial score (nSPS) is 19.0. The Morgan fingerprint density at radius 1 is 1.06 bits per heavy atom. The molecule has 2 fully saturated rings. The van der Waals surface area contributed by atoms with Crippen molar-refractivity contribution >= 4 is 37.6 Å². The zero-order chi connectivity index (χ0) is 25.2. The standard InChI is InChI=1S/C22H25N5O6S2/c1-2-3-18-15-26(35(32,33)20-10-11-21(23-14-20)24-22(28)29)12-13-27(18)17-6-8-19(9-7-17)34(30,31)25-16-4-5-16/h6-11,14,16,18,25H,4-5,12-13,15H2,1H3,(H,23,24)(H,28,29)/t18-/m0/s1. The number of hydrogen-bond donors (Lipinski definition) is 3. The maximum absolute atomic E-state index is 13.2. The zero-order valence-electron chi connectivity index (χ0n) is 18.9. The van der Waals surface area contributed by atoms with Crippen LogP contribution in [0.3, 0.4) is 0 Å². The van der Waals surface area contributed by atoms with E-state index in [1.54, 1.807) is 19.1 Å². The van der Waals surface area contributed by atoms with Gasteiger partial charge in [-0.05, 0) is 56.2 Å². The summed E-state index contributed by atoms with van der Waals surface area (Å²) in [6.45, 7) is 2.30. The van der Waals surface area contributed by atoms with Gasteiger partial charge in [-0.25, -0.2) is 31.3 Å². The number of carbonyl (C=O) groups is 1. The van der Waals surface area contributed by atoms with E-state index < -0.39 is 32.2 Å². The molecule has 1 aliphatic heterocycles. The number of aromatic nitrogens is 1. The Bertz CT molecular complexity index is 1360. The highest BCUT2D eigenvalue weighted by Gasteiger charge is 2.34. The van der Waals surface area contributed by atoms with Crippen molar-refractivity contribution < 1.29 is 26.7 Å². The first kappa shape index (κ1) is 24.9. The predicted molar refractivity (Wildman–Crippen MR) is 129 cm³/mol. The van der Waals surface area contributed by atoms with Gasteiger partial charge in [0.25, 0.3) is 0 Å². The van der Waals surface area contributed by atoms with Crippen molar-refractivity contribution in [1.29, 1.82) is 0 Å². The molecule has 3 N–H and O–H groups in total. The first-order valence-electron chi connectivity index (χ1n) is 10.9.